The molecule has 6 nitrogen and oxygen atoms in total. The second-order valence-corrected chi connectivity index (χ2v) is 10.2. The normalized spacial score (nSPS) is 15.3. The summed E-state index contributed by atoms with van der Waals surface area (Å²) in [5.74, 6) is 0.355. The Hall–Kier alpha value is -3.32. The van der Waals surface area contributed by atoms with Gasteiger partial charge in [0.2, 0.25) is 0 Å². The van der Waals surface area contributed by atoms with Crippen LogP contribution >= 0.6 is 0 Å². The summed E-state index contributed by atoms with van der Waals surface area (Å²) in [6.45, 7) is 7.58. The lowest BCUT2D eigenvalue weighted by atomic mass is 10.1. The van der Waals surface area contributed by atoms with E-state index in [1.165, 1.54) is 6.07 Å². The molecular weight excluding hydrogens is 436 g/mol. The molecule has 0 saturated carbocycles. The molecule has 4 rings (SSSR count). The van der Waals surface area contributed by atoms with Crippen molar-refractivity contribution in [2.75, 3.05) is 16.2 Å². The van der Waals surface area contributed by atoms with Crippen LogP contribution in [-0.2, 0) is 21.2 Å². The van der Waals surface area contributed by atoms with E-state index in [9.17, 15) is 13.2 Å². The van der Waals surface area contributed by atoms with Crippen molar-refractivity contribution in [1.82, 2.24) is 0 Å². The first-order valence-corrected chi connectivity index (χ1v) is 12.4. The van der Waals surface area contributed by atoms with Gasteiger partial charge in [-0.3, -0.25) is 9.52 Å². The van der Waals surface area contributed by atoms with E-state index in [1.54, 1.807) is 36.1 Å². The Morgan fingerprint density at radius 3 is 2.48 bits per heavy atom. The fourth-order valence-corrected chi connectivity index (χ4v) is 5.26. The van der Waals surface area contributed by atoms with Crippen LogP contribution in [0, 0.1) is 20.8 Å². The molecule has 0 aliphatic carbocycles. The number of anilines is 2. The van der Waals surface area contributed by atoms with E-state index in [1.807, 2.05) is 51.1 Å². The highest BCUT2D eigenvalue weighted by Crippen LogP contribution is 2.32. The van der Waals surface area contributed by atoms with Crippen molar-refractivity contribution in [3.63, 3.8) is 0 Å². The van der Waals surface area contributed by atoms with E-state index in [4.69, 9.17) is 4.74 Å². The van der Waals surface area contributed by atoms with Crippen LogP contribution < -0.4 is 14.4 Å². The van der Waals surface area contributed by atoms with Crippen molar-refractivity contribution in [3.8, 4) is 5.75 Å². The van der Waals surface area contributed by atoms with Crippen molar-refractivity contribution < 1.29 is 17.9 Å². The van der Waals surface area contributed by atoms with Gasteiger partial charge in [-0.25, -0.2) is 8.42 Å². The van der Waals surface area contributed by atoms with Gasteiger partial charge in [-0.2, -0.15) is 0 Å². The van der Waals surface area contributed by atoms with E-state index in [0.29, 0.717) is 17.0 Å². The zero-order chi connectivity index (χ0) is 23.8. The second kappa shape index (κ2) is 8.90. The van der Waals surface area contributed by atoms with E-state index in [-0.39, 0.29) is 23.5 Å². The van der Waals surface area contributed by atoms with Crippen LogP contribution in [0.25, 0.3) is 0 Å². The number of ether oxygens (including phenoxy) is 1. The van der Waals surface area contributed by atoms with Crippen molar-refractivity contribution >= 4 is 27.3 Å². The summed E-state index contributed by atoms with van der Waals surface area (Å²) in [6, 6.07) is 18.0. The summed E-state index contributed by atoms with van der Waals surface area (Å²) < 4.78 is 34.1. The lowest BCUT2D eigenvalue weighted by Crippen LogP contribution is -2.39. The Morgan fingerprint density at radius 1 is 1.00 bits per heavy atom. The number of carbonyl (C=O) groups is 1. The number of hydrogen-bond donors (Lipinski definition) is 1. The van der Waals surface area contributed by atoms with Gasteiger partial charge in [0.15, 0.2) is 6.61 Å². The Morgan fingerprint density at radius 2 is 1.76 bits per heavy atom. The van der Waals surface area contributed by atoms with Gasteiger partial charge < -0.3 is 9.64 Å². The molecule has 3 aromatic carbocycles. The minimum Gasteiger partial charge on any atom is -0.483 e. The van der Waals surface area contributed by atoms with E-state index in [2.05, 4.69) is 4.72 Å². The minimum absolute atomic E-state index is 0.0728. The molecule has 0 aromatic heterocycles. The smallest absolute Gasteiger partial charge is 0.265 e. The van der Waals surface area contributed by atoms with Gasteiger partial charge in [0.05, 0.1) is 4.90 Å². The molecule has 3 aromatic rings. The molecule has 1 aliphatic rings. The summed E-state index contributed by atoms with van der Waals surface area (Å²) in [4.78, 5) is 14.8. The number of benzene rings is 3. The number of amides is 1. The molecule has 0 bridgehead atoms. The number of sulfonamides is 1. The van der Waals surface area contributed by atoms with Gasteiger partial charge in [-0.1, -0.05) is 24.3 Å². The summed E-state index contributed by atoms with van der Waals surface area (Å²) in [7, 11) is -3.75. The molecule has 1 N–H and O–H groups in total. The maximum absolute atomic E-state index is 12.9. The third kappa shape index (κ3) is 4.73. The van der Waals surface area contributed by atoms with Crippen LogP contribution in [0.4, 0.5) is 11.4 Å². The Labute approximate surface area is 195 Å². The van der Waals surface area contributed by atoms with Gasteiger partial charge in [-0.05, 0) is 92.8 Å². The van der Waals surface area contributed by atoms with Crippen molar-refractivity contribution in [2.45, 2.75) is 45.1 Å². The molecule has 1 atom stereocenters. The molecule has 0 saturated heterocycles. The molecule has 33 heavy (non-hydrogen) atoms. The highest BCUT2D eigenvalue weighted by atomic mass is 32.2. The largest absolute Gasteiger partial charge is 0.483 e. The maximum Gasteiger partial charge on any atom is 0.265 e. The van der Waals surface area contributed by atoms with Gasteiger partial charge in [0.25, 0.3) is 15.9 Å². The first-order chi connectivity index (χ1) is 15.7. The number of aryl methyl sites for hydroxylation is 3. The molecule has 1 unspecified atom stereocenters. The standard InChI is InChI=1S/C26H28N2O4S/c1-17-9-10-22(13-18(17)2)27-33(30,31)23-11-12-25(19(3)14-23)32-16-26(29)28-20(4)15-21-7-5-6-8-24(21)28/h5-14,20,27H,15-16H2,1-4H3. The first-order valence-electron chi connectivity index (χ1n) is 10.9. The Kier molecular flexibility index (Phi) is 6.17. The number of rotatable bonds is 6. The maximum atomic E-state index is 12.9. The highest BCUT2D eigenvalue weighted by molar-refractivity contribution is 7.92. The number of carbonyl (C=O) groups excluding carboxylic acids is 1. The molecule has 0 fully saturated rings. The predicted molar refractivity (Wildman–Crippen MR) is 130 cm³/mol. The summed E-state index contributed by atoms with van der Waals surface area (Å²) in [6.07, 6.45) is 0.820. The third-order valence-corrected chi connectivity index (χ3v) is 7.42. The molecule has 1 amide bonds. The quantitative estimate of drug-likeness (QED) is 0.570. The van der Waals surface area contributed by atoms with Gasteiger partial charge in [-0.15, -0.1) is 0 Å². The lowest BCUT2D eigenvalue weighted by Gasteiger charge is -2.23. The second-order valence-electron chi connectivity index (χ2n) is 8.57. The van der Waals surface area contributed by atoms with Gasteiger partial charge in [0.1, 0.15) is 5.75 Å². The zero-order valence-corrected chi connectivity index (χ0v) is 20.1. The number of nitrogens with zero attached hydrogens (tertiary/aromatic N) is 1. The number of fused-ring (bicyclic) bond motifs is 1. The minimum atomic E-state index is -3.75. The fraction of sp³-hybridized carbons (Fsp3) is 0.269. The SMILES string of the molecule is Cc1ccc(NS(=O)(=O)c2ccc(OCC(=O)N3c4ccccc4CC3C)c(C)c2)cc1C. The van der Waals surface area contributed by atoms with Gasteiger partial charge >= 0.3 is 0 Å². The monoisotopic (exact) mass is 464 g/mol. The van der Waals surface area contributed by atoms with E-state index < -0.39 is 10.0 Å². The average molecular weight is 465 g/mol. The molecule has 0 radical (unpaired) electrons. The summed E-state index contributed by atoms with van der Waals surface area (Å²) >= 11 is 0. The first kappa shape index (κ1) is 22.9. The zero-order valence-electron chi connectivity index (χ0n) is 19.3. The van der Waals surface area contributed by atoms with Crippen LogP contribution in [0.2, 0.25) is 0 Å². The summed E-state index contributed by atoms with van der Waals surface area (Å²) in [5.41, 5.74) is 5.34. The van der Waals surface area contributed by atoms with E-state index in [0.717, 1.165) is 28.8 Å². The number of nitrogens with one attached hydrogen (secondary N) is 1. The predicted octanol–water partition coefficient (Wildman–Crippen LogP) is 4.77. The van der Waals surface area contributed by atoms with Crippen LogP contribution in [0.15, 0.2) is 65.6 Å². The van der Waals surface area contributed by atoms with Crippen LogP contribution in [0.3, 0.4) is 0 Å². The number of para-hydroxylation sites is 1. The lowest BCUT2D eigenvalue weighted by molar-refractivity contribution is -0.120. The number of hydrogen-bond acceptors (Lipinski definition) is 4. The van der Waals surface area contributed by atoms with Crippen LogP contribution in [-0.4, -0.2) is 27.0 Å². The molecule has 172 valence electrons. The molecule has 1 aliphatic heterocycles. The van der Waals surface area contributed by atoms with E-state index >= 15 is 0 Å². The third-order valence-electron chi connectivity index (χ3n) is 6.04. The Balaban J connectivity index is 1.45. The highest BCUT2D eigenvalue weighted by Gasteiger charge is 2.30. The van der Waals surface area contributed by atoms with Gasteiger partial charge in [0, 0.05) is 17.4 Å². The molecule has 7 heteroatoms. The van der Waals surface area contributed by atoms with Crippen molar-refractivity contribution in [1.29, 1.82) is 0 Å². The molecular formula is C26H28N2O4S. The summed E-state index contributed by atoms with van der Waals surface area (Å²) in [5, 5.41) is 0. The Bertz CT molecular complexity index is 1320. The van der Waals surface area contributed by atoms with Crippen LogP contribution in [0.5, 0.6) is 5.75 Å². The van der Waals surface area contributed by atoms with Crippen molar-refractivity contribution in [3.05, 3.63) is 82.9 Å². The average Bonchev–Trinajstić information content (AvgIpc) is 3.10. The molecule has 1 heterocycles. The van der Waals surface area contributed by atoms with Crippen molar-refractivity contribution in [2.24, 2.45) is 0 Å². The topological polar surface area (TPSA) is 75.7 Å². The molecule has 0 spiro atoms. The fourth-order valence-electron chi connectivity index (χ4n) is 4.12. The van der Waals surface area contributed by atoms with Crippen LogP contribution in [0.1, 0.15) is 29.2 Å².